The predicted molar refractivity (Wildman–Crippen MR) is 155 cm³/mol. The van der Waals surface area contributed by atoms with Gasteiger partial charge in [0.15, 0.2) is 0 Å². The monoisotopic (exact) mass is 585 g/mol. The molecule has 0 aliphatic carbocycles. The van der Waals surface area contributed by atoms with Crippen LogP contribution in [0.5, 0.6) is 5.75 Å². The molecule has 0 N–H and O–H groups in total. The Balaban J connectivity index is 1.09. The molecule has 1 aromatic heterocycles. The Kier molecular flexibility index (Phi) is 7.92. The number of hydrogen-bond acceptors (Lipinski definition) is 7. The fourth-order valence-electron chi connectivity index (χ4n) is 7.59. The van der Waals surface area contributed by atoms with Gasteiger partial charge in [0.05, 0.1) is 24.7 Å². The zero-order valence-corrected chi connectivity index (χ0v) is 25.5. The molecule has 5 heterocycles. The van der Waals surface area contributed by atoms with Crippen LogP contribution in [-0.4, -0.2) is 116 Å². The maximum absolute atomic E-state index is 14.1. The van der Waals surface area contributed by atoms with Crippen LogP contribution in [0, 0.1) is 13.8 Å². The molecule has 41 heavy (non-hydrogen) atoms. The third-order valence-electron chi connectivity index (χ3n) is 9.70. The number of nitrogens with zero attached hydrogens (tertiary/aromatic N) is 5. The number of benzene rings is 1. The van der Waals surface area contributed by atoms with Gasteiger partial charge in [0.1, 0.15) is 12.4 Å². The van der Waals surface area contributed by atoms with E-state index in [0.29, 0.717) is 53.0 Å². The number of hydrogen-bond donors (Lipinski definition) is 0. The van der Waals surface area contributed by atoms with E-state index in [4.69, 9.17) is 9.47 Å². The van der Waals surface area contributed by atoms with Crippen molar-refractivity contribution in [3.05, 3.63) is 47.3 Å². The third kappa shape index (κ3) is 5.31. The highest BCUT2D eigenvalue weighted by molar-refractivity contribution is 7.89. The van der Waals surface area contributed by atoms with Crippen molar-refractivity contribution >= 4 is 15.9 Å². The number of carbonyl (C=O) groups excluding carboxylic acids is 1. The van der Waals surface area contributed by atoms with Crippen molar-refractivity contribution in [1.29, 1.82) is 0 Å². The van der Waals surface area contributed by atoms with Crippen LogP contribution >= 0.6 is 0 Å². The van der Waals surface area contributed by atoms with Crippen molar-refractivity contribution in [2.24, 2.45) is 0 Å². The average Bonchev–Trinajstić information content (AvgIpc) is 3.68. The molecule has 4 aliphatic rings. The first-order valence-corrected chi connectivity index (χ1v) is 16.2. The molecule has 2 aromatic rings. The molecule has 224 valence electrons. The SMILES string of the molecule is COc1cc(C)c(S(=O)(=O)N2CCn3cccc3C2COCC(=O)N2CCC(N3CC4CC3CN4C)CC2)c(C)c1. The van der Waals surface area contributed by atoms with Gasteiger partial charge in [-0.15, -0.1) is 0 Å². The van der Waals surface area contributed by atoms with Gasteiger partial charge in [0.25, 0.3) is 0 Å². The zero-order chi connectivity index (χ0) is 28.9. The van der Waals surface area contributed by atoms with Crippen molar-refractivity contribution in [2.45, 2.75) is 68.7 Å². The molecule has 6 rings (SSSR count). The van der Waals surface area contributed by atoms with E-state index in [0.717, 1.165) is 44.7 Å². The first-order chi connectivity index (χ1) is 19.7. The van der Waals surface area contributed by atoms with Crippen molar-refractivity contribution < 1.29 is 22.7 Å². The highest BCUT2D eigenvalue weighted by Gasteiger charge is 2.45. The first kappa shape index (κ1) is 28.7. The summed E-state index contributed by atoms with van der Waals surface area (Å²) < 4.78 is 43.1. The van der Waals surface area contributed by atoms with Crippen LogP contribution in [-0.2, 0) is 26.1 Å². The lowest BCUT2D eigenvalue weighted by Crippen LogP contribution is -2.53. The van der Waals surface area contributed by atoms with Gasteiger partial charge < -0.3 is 23.8 Å². The minimum atomic E-state index is -3.83. The van der Waals surface area contributed by atoms with E-state index < -0.39 is 16.1 Å². The minimum absolute atomic E-state index is 0.0198. The van der Waals surface area contributed by atoms with E-state index in [1.165, 1.54) is 6.42 Å². The molecule has 3 fully saturated rings. The van der Waals surface area contributed by atoms with Crippen LogP contribution in [0.25, 0.3) is 0 Å². The Hall–Kier alpha value is -2.44. The number of piperazine rings is 1. The quantitative estimate of drug-likeness (QED) is 0.470. The first-order valence-electron chi connectivity index (χ1n) is 14.8. The number of carbonyl (C=O) groups is 1. The summed E-state index contributed by atoms with van der Waals surface area (Å²) in [5.74, 6) is 0.614. The number of likely N-dealkylation sites (N-methyl/N-ethyl adjacent to an activating group) is 1. The Morgan fingerprint density at radius 2 is 1.73 bits per heavy atom. The maximum atomic E-state index is 14.1. The number of amides is 1. The standard InChI is InChI=1S/C30H43N5O5S/c1-21-14-26(39-4)15-22(2)30(21)41(37,38)35-13-12-32-9-5-6-27(32)28(35)19-40-20-29(36)33-10-7-23(8-11-33)34-18-24-16-25(34)17-31(24)3/h5-6,9,14-15,23-25,28H,7-8,10-13,16-20H2,1-4H3. The second-order valence-electron chi connectivity index (χ2n) is 12.2. The average molecular weight is 586 g/mol. The van der Waals surface area contributed by atoms with E-state index in [1.54, 1.807) is 37.4 Å². The molecule has 10 nitrogen and oxygen atoms in total. The molecular formula is C30H43N5O5S. The van der Waals surface area contributed by atoms with Gasteiger partial charge in [0.2, 0.25) is 15.9 Å². The Bertz CT molecular complexity index is 1360. The fraction of sp³-hybridized carbons (Fsp3) is 0.633. The second-order valence-corrected chi connectivity index (χ2v) is 14.0. The van der Waals surface area contributed by atoms with Gasteiger partial charge >= 0.3 is 0 Å². The van der Waals surface area contributed by atoms with E-state index >= 15 is 0 Å². The lowest BCUT2D eigenvalue weighted by Gasteiger charge is -2.42. The van der Waals surface area contributed by atoms with Crippen LogP contribution < -0.4 is 4.74 Å². The number of fused-ring (bicyclic) bond motifs is 3. The van der Waals surface area contributed by atoms with E-state index in [2.05, 4.69) is 21.4 Å². The number of rotatable bonds is 8. The molecule has 1 aromatic carbocycles. The van der Waals surface area contributed by atoms with E-state index in [1.807, 2.05) is 23.2 Å². The van der Waals surface area contributed by atoms with Crippen LogP contribution in [0.2, 0.25) is 0 Å². The lowest BCUT2D eigenvalue weighted by atomic mass is 10.0. The molecular weight excluding hydrogens is 542 g/mol. The molecule has 0 radical (unpaired) electrons. The molecule has 3 saturated heterocycles. The Morgan fingerprint density at radius 1 is 1.00 bits per heavy atom. The summed E-state index contributed by atoms with van der Waals surface area (Å²) in [4.78, 5) is 20.5. The van der Waals surface area contributed by atoms with Gasteiger partial charge in [-0.3, -0.25) is 9.69 Å². The predicted octanol–water partition coefficient (Wildman–Crippen LogP) is 2.26. The number of methoxy groups -OCH3 is 1. The van der Waals surface area contributed by atoms with Crippen molar-refractivity contribution in [2.75, 3.05) is 60.1 Å². The normalized spacial score (nSPS) is 26.0. The number of aryl methyl sites for hydroxylation is 2. The van der Waals surface area contributed by atoms with Gasteiger partial charge in [-0.1, -0.05) is 0 Å². The minimum Gasteiger partial charge on any atom is -0.497 e. The highest BCUT2D eigenvalue weighted by Crippen LogP contribution is 2.36. The molecule has 2 bridgehead atoms. The summed E-state index contributed by atoms with van der Waals surface area (Å²) in [7, 11) is -0.0263. The molecule has 11 heteroatoms. The highest BCUT2D eigenvalue weighted by atomic mass is 32.2. The molecule has 3 unspecified atom stereocenters. The zero-order valence-electron chi connectivity index (χ0n) is 24.7. The summed E-state index contributed by atoms with van der Waals surface area (Å²) >= 11 is 0. The van der Waals surface area contributed by atoms with Crippen LogP contribution in [0.15, 0.2) is 35.4 Å². The summed E-state index contributed by atoms with van der Waals surface area (Å²) in [6.45, 7) is 8.38. The fourth-order valence-corrected chi connectivity index (χ4v) is 9.58. The van der Waals surface area contributed by atoms with Crippen molar-refractivity contribution in [3.63, 3.8) is 0 Å². The summed E-state index contributed by atoms with van der Waals surface area (Å²) in [5.41, 5.74) is 2.17. The van der Waals surface area contributed by atoms with Gasteiger partial charge in [-0.2, -0.15) is 4.31 Å². The number of aromatic nitrogens is 1. The smallest absolute Gasteiger partial charge is 0.248 e. The number of ether oxygens (including phenoxy) is 2. The Morgan fingerprint density at radius 3 is 2.37 bits per heavy atom. The molecule has 3 atom stereocenters. The molecule has 1 amide bonds. The topological polar surface area (TPSA) is 87.6 Å². The maximum Gasteiger partial charge on any atom is 0.248 e. The number of piperidine rings is 1. The van der Waals surface area contributed by atoms with Gasteiger partial charge in [-0.25, -0.2) is 8.42 Å². The summed E-state index contributed by atoms with van der Waals surface area (Å²) in [6.07, 6.45) is 5.25. The van der Waals surface area contributed by atoms with Crippen LogP contribution in [0.3, 0.4) is 0 Å². The number of sulfonamides is 1. The lowest BCUT2D eigenvalue weighted by molar-refractivity contribution is -0.138. The Labute approximate surface area is 243 Å². The molecule has 0 saturated carbocycles. The third-order valence-corrected chi connectivity index (χ3v) is 11.9. The molecule has 4 aliphatic heterocycles. The van der Waals surface area contributed by atoms with Gasteiger partial charge in [-0.05, 0) is 75.5 Å². The van der Waals surface area contributed by atoms with Crippen LogP contribution in [0.1, 0.15) is 42.1 Å². The van der Waals surface area contributed by atoms with Crippen LogP contribution in [0.4, 0.5) is 0 Å². The van der Waals surface area contributed by atoms with Crippen molar-refractivity contribution in [1.82, 2.24) is 23.6 Å². The van der Waals surface area contributed by atoms with Crippen molar-refractivity contribution in [3.8, 4) is 5.75 Å². The van der Waals surface area contributed by atoms with Gasteiger partial charge in [0, 0.05) is 69.3 Å². The second kappa shape index (κ2) is 11.3. The largest absolute Gasteiger partial charge is 0.497 e. The summed E-state index contributed by atoms with van der Waals surface area (Å²) in [5, 5.41) is 0. The van der Waals surface area contributed by atoms with E-state index in [9.17, 15) is 13.2 Å². The summed E-state index contributed by atoms with van der Waals surface area (Å²) in [6, 6.07) is 8.78. The molecule has 0 spiro atoms. The van der Waals surface area contributed by atoms with E-state index in [-0.39, 0.29) is 19.1 Å². The number of likely N-dealkylation sites (tertiary alicyclic amines) is 3.